The molecule has 0 aliphatic carbocycles. The second-order valence-corrected chi connectivity index (χ2v) is 14.8. The van der Waals surface area contributed by atoms with Gasteiger partial charge in [-0.25, -0.2) is 28.3 Å². The lowest BCUT2D eigenvalue weighted by atomic mass is 9.80. The Hall–Kier alpha value is -3.16. The summed E-state index contributed by atoms with van der Waals surface area (Å²) in [5.41, 5.74) is 0.803. The molecule has 4 unspecified atom stereocenters. The average Bonchev–Trinajstić information content (AvgIpc) is 3.31. The Bertz CT molecular complexity index is 1870. The van der Waals surface area contributed by atoms with Crippen LogP contribution in [0.1, 0.15) is 98.8 Å². The van der Waals surface area contributed by atoms with E-state index in [1.54, 1.807) is 9.13 Å². The molecule has 0 amide bonds. The van der Waals surface area contributed by atoms with Crippen LogP contribution in [0.15, 0.2) is 43.4 Å². The van der Waals surface area contributed by atoms with Crippen molar-refractivity contribution < 1.29 is 4.74 Å². The maximum absolute atomic E-state index is 13.8. The number of alkyl halides is 1. The molecule has 2 fully saturated rings. The molecule has 2 bridgehead atoms. The highest BCUT2D eigenvalue weighted by Gasteiger charge is 2.41. The number of aryl methyl sites for hydroxylation is 1. The Labute approximate surface area is 287 Å². The molecule has 2 aromatic heterocycles. The number of fused-ring (bicyclic) bond motifs is 4. The number of nitrogens with zero attached hydrogens (tertiary/aromatic N) is 7. The van der Waals surface area contributed by atoms with E-state index in [0.29, 0.717) is 74.7 Å². The molecule has 0 radical (unpaired) electrons. The number of piperidine rings is 1. The van der Waals surface area contributed by atoms with Gasteiger partial charge in [0.15, 0.2) is 0 Å². The van der Waals surface area contributed by atoms with Crippen molar-refractivity contribution in [2.45, 2.75) is 134 Å². The van der Waals surface area contributed by atoms with Crippen LogP contribution in [-0.4, -0.2) is 63.2 Å². The average molecular weight is 725 g/mol. The van der Waals surface area contributed by atoms with Gasteiger partial charge < -0.3 is 4.74 Å². The molecule has 6 heterocycles. The van der Waals surface area contributed by atoms with E-state index in [9.17, 15) is 19.2 Å². The summed E-state index contributed by atoms with van der Waals surface area (Å²) in [6.07, 6.45) is 8.91. The SMILES string of the molecule is Cc1ccccc1COC1CC2CCC(C1)N2CCCn1c(=O)nc2n(c1=O)CCCC2C1CCCn2c1nc(=O)n(CCCBr)c2=O. The molecule has 258 valence electrons. The van der Waals surface area contributed by atoms with Crippen molar-refractivity contribution in [1.29, 1.82) is 0 Å². The van der Waals surface area contributed by atoms with Crippen molar-refractivity contribution >= 4 is 15.9 Å². The van der Waals surface area contributed by atoms with E-state index >= 15 is 0 Å². The van der Waals surface area contributed by atoms with E-state index in [2.05, 4.69) is 62.0 Å². The van der Waals surface area contributed by atoms with Crippen LogP contribution in [0.2, 0.25) is 0 Å². The first-order chi connectivity index (χ1) is 23.3. The zero-order valence-corrected chi connectivity index (χ0v) is 29.4. The standard InChI is InChI=1S/C35H46BrN7O5/c1-23-8-2-3-9-24(23)22-48-27-20-25-12-13-26(21-27)39(25)18-7-19-43-33(45)38-31-29(11-5-16-41(31)35(43)47)28-10-4-15-40-30(28)37-32(44)42(34(40)46)17-6-14-36/h2-3,8-9,25-29H,4-7,10-22H2,1H3. The summed E-state index contributed by atoms with van der Waals surface area (Å²) in [5, 5.41) is 0.685. The van der Waals surface area contributed by atoms with Crippen LogP contribution in [-0.2, 0) is 37.5 Å². The Morgan fingerprint density at radius 2 is 1.33 bits per heavy atom. The van der Waals surface area contributed by atoms with Gasteiger partial charge in [0.2, 0.25) is 0 Å². The van der Waals surface area contributed by atoms with E-state index in [0.717, 1.165) is 57.9 Å². The first-order valence-electron chi connectivity index (χ1n) is 17.7. The third kappa shape index (κ3) is 6.45. The lowest BCUT2D eigenvalue weighted by Crippen LogP contribution is -2.49. The highest BCUT2D eigenvalue weighted by atomic mass is 79.9. The van der Waals surface area contributed by atoms with Gasteiger partial charge in [0, 0.05) is 62.0 Å². The van der Waals surface area contributed by atoms with E-state index in [1.807, 2.05) is 0 Å². The van der Waals surface area contributed by atoms with E-state index in [1.165, 1.54) is 20.3 Å². The predicted octanol–water partition coefficient (Wildman–Crippen LogP) is 3.27. The fraction of sp³-hybridized carbons (Fsp3) is 0.657. The van der Waals surface area contributed by atoms with E-state index in [-0.39, 0.29) is 29.3 Å². The Morgan fingerprint density at radius 3 is 1.90 bits per heavy atom. The number of hydrogen-bond donors (Lipinski definition) is 0. The molecule has 3 aromatic rings. The van der Waals surface area contributed by atoms with Crippen LogP contribution in [0.4, 0.5) is 0 Å². The zero-order chi connectivity index (χ0) is 33.4. The minimum Gasteiger partial charge on any atom is -0.373 e. The third-order valence-corrected chi connectivity index (χ3v) is 11.8. The first-order valence-corrected chi connectivity index (χ1v) is 18.9. The van der Waals surface area contributed by atoms with Crippen LogP contribution in [0, 0.1) is 6.92 Å². The largest absolute Gasteiger partial charge is 0.373 e. The molecule has 4 aliphatic heterocycles. The first kappa shape index (κ1) is 33.3. The van der Waals surface area contributed by atoms with Crippen LogP contribution in [0.5, 0.6) is 0 Å². The molecule has 0 spiro atoms. The number of rotatable bonds is 11. The maximum Gasteiger partial charge on any atom is 0.353 e. The Morgan fingerprint density at radius 1 is 0.771 bits per heavy atom. The molecule has 12 nitrogen and oxygen atoms in total. The van der Waals surface area contributed by atoms with Gasteiger partial charge in [-0.1, -0.05) is 40.2 Å². The number of hydrogen-bond acceptors (Lipinski definition) is 8. The van der Waals surface area contributed by atoms with Crippen LogP contribution >= 0.6 is 15.9 Å². The number of benzene rings is 1. The number of aromatic nitrogens is 6. The van der Waals surface area contributed by atoms with Gasteiger partial charge in [-0.15, -0.1) is 0 Å². The van der Waals surface area contributed by atoms with Crippen molar-refractivity contribution in [2.24, 2.45) is 0 Å². The quantitative estimate of drug-likeness (QED) is 0.276. The van der Waals surface area contributed by atoms with Crippen molar-refractivity contribution in [1.82, 2.24) is 33.1 Å². The van der Waals surface area contributed by atoms with Crippen molar-refractivity contribution in [3.05, 3.63) is 89.0 Å². The highest BCUT2D eigenvalue weighted by molar-refractivity contribution is 9.09. The molecule has 4 atom stereocenters. The third-order valence-electron chi connectivity index (χ3n) is 11.2. The second kappa shape index (κ2) is 14.4. The molecule has 2 saturated heterocycles. The van der Waals surface area contributed by atoms with Gasteiger partial charge in [0.05, 0.1) is 12.7 Å². The molecule has 7 rings (SSSR count). The summed E-state index contributed by atoms with van der Waals surface area (Å²) in [5.74, 6) is 0.421. The molecule has 4 aliphatic rings. The second-order valence-electron chi connectivity index (χ2n) is 14.0. The lowest BCUT2D eigenvalue weighted by molar-refractivity contribution is -0.0287. The lowest BCUT2D eigenvalue weighted by Gasteiger charge is -2.39. The van der Waals surface area contributed by atoms with Gasteiger partial charge in [-0.05, 0) is 82.3 Å². The minimum absolute atomic E-state index is 0.252. The van der Waals surface area contributed by atoms with Crippen molar-refractivity contribution in [3.8, 4) is 0 Å². The predicted molar refractivity (Wildman–Crippen MR) is 185 cm³/mol. The minimum atomic E-state index is -0.539. The van der Waals surface area contributed by atoms with Crippen LogP contribution in [0.3, 0.4) is 0 Å². The molecule has 0 N–H and O–H groups in total. The topological polar surface area (TPSA) is 126 Å². The fourth-order valence-electron chi connectivity index (χ4n) is 8.75. The Balaban J connectivity index is 1.03. The van der Waals surface area contributed by atoms with Crippen LogP contribution in [0.25, 0.3) is 0 Å². The van der Waals surface area contributed by atoms with Gasteiger partial charge in [-0.2, -0.15) is 9.97 Å². The van der Waals surface area contributed by atoms with Gasteiger partial charge >= 0.3 is 22.8 Å². The summed E-state index contributed by atoms with van der Waals surface area (Å²) in [6, 6.07) is 9.33. The summed E-state index contributed by atoms with van der Waals surface area (Å²) in [6.45, 7) is 5.25. The van der Waals surface area contributed by atoms with Gasteiger partial charge in [0.1, 0.15) is 11.6 Å². The van der Waals surface area contributed by atoms with Crippen molar-refractivity contribution in [2.75, 3.05) is 11.9 Å². The summed E-state index contributed by atoms with van der Waals surface area (Å²) in [7, 11) is 0. The number of halogens is 1. The fourth-order valence-corrected chi connectivity index (χ4v) is 9.00. The van der Waals surface area contributed by atoms with Crippen LogP contribution < -0.4 is 22.8 Å². The molecular weight excluding hydrogens is 678 g/mol. The number of ether oxygens (including phenoxy) is 1. The smallest absolute Gasteiger partial charge is 0.353 e. The molecule has 13 heteroatoms. The molecule has 0 saturated carbocycles. The van der Waals surface area contributed by atoms with E-state index < -0.39 is 11.4 Å². The maximum atomic E-state index is 13.8. The summed E-state index contributed by atoms with van der Waals surface area (Å²) < 4.78 is 12.2. The summed E-state index contributed by atoms with van der Waals surface area (Å²) >= 11 is 3.37. The normalized spacial score (nSPS) is 25.2. The zero-order valence-electron chi connectivity index (χ0n) is 27.8. The van der Waals surface area contributed by atoms with E-state index in [4.69, 9.17) is 4.74 Å². The highest BCUT2D eigenvalue weighted by Crippen LogP contribution is 2.41. The van der Waals surface area contributed by atoms with Gasteiger partial charge in [-0.3, -0.25) is 14.0 Å². The Kier molecular flexibility index (Phi) is 9.98. The monoisotopic (exact) mass is 723 g/mol. The molecule has 1 aromatic carbocycles. The summed E-state index contributed by atoms with van der Waals surface area (Å²) in [4.78, 5) is 64.8. The molecule has 48 heavy (non-hydrogen) atoms. The van der Waals surface area contributed by atoms with Gasteiger partial charge in [0.25, 0.3) is 0 Å². The molecular formula is C35H46BrN7O5. The van der Waals surface area contributed by atoms with Crippen molar-refractivity contribution in [3.63, 3.8) is 0 Å².